The smallest absolute Gasteiger partial charge is 0.327 e. The number of rotatable bonds is 5. The van der Waals surface area contributed by atoms with Gasteiger partial charge in [0.25, 0.3) is 0 Å². The molecule has 2 fully saturated rings. The van der Waals surface area contributed by atoms with E-state index in [1.54, 1.807) is 0 Å². The van der Waals surface area contributed by atoms with Crippen molar-refractivity contribution in [3.63, 3.8) is 0 Å². The first kappa shape index (κ1) is 13.8. The second kappa shape index (κ2) is 5.57. The maximum atomic E-state index is 12.0. The van der Waals surface area contributed by atoms with Crippen molar-refractivity contribution in [2.24, 2.45) is 5.92 Å². The molecule has 2 atom stereocenters. The first-order valence-electron chi connectivity index (χ1n) is 7.12. The van der Waals surface area contributed by atoms with Gasteiger partial charge in [0.05, 0.1) is 7.11 Å². The fraction of sp³-hybridized carbons (Fsp3) is 0.929. The minimum atomic E-state index is -0.549. The molecule has 1 N–H and O–H groups in total. The molecule has 1 saturated heterocycles. The zero-order valence-electron chi connectivity index (χ0n) is 11.9. The number of carbonyl (C=O) groups is 1. The second-order valence-corrected chi connectivity index (χ2v) is 6.22. The molecule has 0 aromatic rings. The average molecular weight is 254 g/mol. The number of hydrogen-bond acceptors (Lipinski definition) is 4. The molecule has 0 spiro atoms. The fourth-order valence-electron chi connectivity index (χ4n) is 2.95. The lowest BCUT2D eigenvalue weighted by Crippen LogP contribution is -2.59. The van der Waals surface area contributed by atoms with Gasteiger partial charge in [-0.1, -0.05) is 6.92 Å². The minimum Gasteiger partial charge on any atom is -0.468 e. The highest BCUT2D eigenvalue weighted by molar-refractivity contribution is 5.80. The summed E-state index contributed by atoms with van der Waals surface area (Å²) in [6.45, 7) is 7.23. The lowest BCUT2D eigenvalue weighted by atomic mass is 9.96. The number of methoxy groups -OCH3 is 1. The zero-order valence-corrected chi connectivity index (χ0v) is 11.9. The third-order valence-electron chi connectivity index (χ3n) is 4.02. The molecule has 1 aliphatic heterocycles. The first-order chi connectivity index (χ1) is 8.53. The van der Waals surface area contributed by atoms with Crippen molar-refractivity contribution in [2.75, 3.05) is 26.7 Å². The van der Waals surface area contributed by atoms with E-state index in [0.717, 1.165) is 25.6 Å². The van der Waals surface area contributed by atoms with Crippen molar-refractivity contribution in [3.8, 4) is 0 Å². The van der Waals surface area contributed by atoms with Gasteiger partial charge in [-0.15, -0.1) is 0 Å². The van der Waals surface area contributed by atoms with Gasteiger partial charge < -0.3 is 9.64 Å². The highest BCUT2D eigenvalue weighted by atomic mass is 16.5. The highest BCUT2D eigenvalue weighted by Gasteiger charge is 2.41. The molecule has 0 aromatic carbocycles. The first-order valence-corrected chi connectivity index (χ1v) is 7.12. The Labute approximate surface area is 110 Å². The average Bonchev–Trinajstić information content (AvgIpc) is 3.11. The molecule has 18 heavy (non-hydrogen) atoms. The Morgan fingerprint density at radius 2 is 2.17 bits per heavy atom. The van der Waals surface area contributed by atoms with Crippen molar-refractivity contribution in [1.82, 2.24) is 10.2 Å². The summed E-state index contributed by atoms with van der Waals surface area (Å²) in [5.74, 6) is 0.606. The molecule has 4 heteroatoms. The van der Waals surface area contributed by atoms with Gasteiger partial charge in [0, 0.05) is 19.1 Å². The van der Waals surface area contributed by atoms with E-state index in [1.807, 2.05) is 6.92 Å². The topological polar surface area (TPSA) is 41.6 Å². The Morgan fingerprint density at radius 3 is 2.72 bits per heavy atom. The van der Waals surface area contributed by atoms with Gasteiger partial charge in [-0.3, -0.25) is 10.1 Å². The van der Waals surface area contributed by atoms with E-state index >= 15 is 0 Å². The summed E-state index contributed by atoms with van der Waals surface area (Å²) < 4.78 is 4.98. The number of hydrogen-bond donors (Lipinski definition) is 1. The van der Waals surface area contributed by atoms with Crippen molar-refractivity contribution >= 4 is 5.97 Å². The maximum Gasteiger partial charge on any atom is 0.327 e. The number of carbonyl (C=O) groups excluding carboxylic acids is 1. The molecule has 2 aliphatic rings. The van der Waals surface area contributed by atoms with Crippen LogP contribution in [0.1, 0.15) is 39.5 Å². The molecule has 2 unspecified atom stereocenters. The molecule has 0 bridgehead atoms. The van der Waals surface area contributed by atoms with Crippen molar-refractivity contribution in [2.45, 2.75) is 51.1 Å². The number of nitrogens with zero attached hydrogens (tertiary/aromatic N) is 1. The number of esters is 1. The number of likely N-dealkylation sites (tertiary alicyclic amines) is 1. The molecule has 0 aromatic heterocycles. The number of nitrogens with one attached hydrogen (secondary N) is 1. The molecular formula is C14H26N2O2. The summed E-state index contributed by atoms with van der Waals surface area (Å²) in [5, 5.41) is 3.46. The van der Waals surface area contributed by atoms with Crippen molar-refractivity contribution in [3.05, 3.63) is 0 Å². The fourth-order valence-corrected chi connectivity index (χ4v) is 2.95. The molecule has 2 rings (SSSR count). The zero-order chi connectivity index (χ0) is 13.2. The van der Waals surface area contributed by atoms with Crippen LogP contribution < -0.4 is 5.32 Å². The van der Waals surface area contributed by atoms with E-state index in [1.165, 1.54) is 32.8 Å². The number of ether oxygens (including phenoxy) is 1. The quantitative estimate of drug-likeness (QED) is 0.753. The molecule has 1 aliphatic carbocycles. The van der Waals surface area contributed by atoms with E-state index < -0.39 is 5.54 Å². The van der Waals surface area contributed by atoms with Gasteiger partial charge in [-0.25, -0.2) is 0 Å². The minimum absolute atomic E-state index is 0.132. The monoisotopic (exact) mass is 254 g/mol. The van der Waals surface area contributed by atoms with Crippen LogP contribution in [0.3, 0.4) is 0 Å². The van der Waals surface area contributed by atoms with Gasteiger partial charge in [0.15, 0.2) is 0 Å². The largest absolute Gasteiger partial charge is 0.468 e. The van der Waals surface area contributed by atoms with Crippen molar-refractivity contribution < 1.29 is 9.53 Å². The molecule has 104 valence electrons. The summed E-state index contributed by atoms with van der Waals surface area (Å²) in [7, 11) is 1.48. The Bertz CT molecular complexity index is 304. The molecule has 1 saturated carbocycles. The lowest BCUT2D eigenvalue weighted by Gasteiger charge is -2.38. The summed E-state index contributed by atoms with van der Waals surface area (Å²) in [6, 6.07) is 0.510. The summed E-state index contributed by atoms with van der Waals surface area (Å²) in [6.07, 6.45) is 4.91. The third-order valence-corrected chi connectivity index (χ3v) is 4.02. The molecule has 0 amide bonds. The summed E-state index contributed by atoms with van der Waals surface area (Å²) in [5.41, 5.74) is -0.549. The Kier molecular flexibility index (Phi) is 4.28. The predicted molar refractivity (Wildman–Crippen MR) is 71.4 cm³/mol. The van der Waals surface area contributed by atoms with Crippen LogP contribution in [0, 0.1) is 5.92 Å². The summed E-state index contributed by atoms with van der Waals surface area (Å²) >= 11 is 0. The molecule has 1 heterocycles. The SMILES string of the molecule is COC(=O)C(C)(CN1CCCC(C)C1)NC1CC1. The Balaban J connectivity index is 1.96. The van der Waals surface area contributed by atoms with Crippen LogP contribution in [0.15, 0.2) is 0 Å². The van der Waals surface area contributed by atoms with Gasteiger partial charge in [-0.2, -0.15) is 0 Å². The van der Waals surface area contributed by atoms with Crippen LogP contribution >= 0.6 is 0 Å². The molecular weight excluding hydrogens is 228 g/mol. The van der Waals surface area contributed by atoms with E-state index in [4.69, 9.17) is 4.74 Å². The predicted octanol–water partition coefficient (Wildman–Crippen LogP) is 1.40. The number of piperidine rings is 1. The van der Waals surface area contributed by atoms with E-state index in [0.29, 0.717) is 6.04 Å². The second-order valence-electron chi connectivity index (χ2n) is 6.22. The van der Waals surface area contributed by atoms with Crippen LogP contribution in [0.2, 0.25) is 0 Å². The van der Waals surface area contributed by atoms with Gasteiger partial charge in [0.1, 0.15) is 5.54 Å². The Hall–Kier alpha value is -0.610. The maximum absolute atomic E-state index is 12.0. The van der Waals surface area contributed by atoms with E-state index in [2.05, 4.69) is 17.1 Å². The molecule has 0 radical (unpaired) electrons. The van der Waals surface area contributed by atoms with Gasteiger partial charge in [0.2, 0.25) is 0 Å². The van der Waals surface area contributed by atoms with E-state index in [-0.39, 0.29) is 5.97 Å². The van der Waals surface area contributed by atoms with Gasteiger partial charge in [-0.05, 0) is 45.1 Å². The third kappa shape index (κ3) is 3.45. The standard InChI is InChI=1S/C14H26N2O2/c1-11-5-4-8-16(9-11)10-14(2,13(17)18-3)15-12-6-7-12/h11-12,15H,4-10H2,1-3H3. The molecule has 4 nitrogen and oxygen atoms in total. The summed E-state index contributed by atoms with van der Waals surface area (Å²) in [4.78, 5) is 14.4. The lowest BCUT2D eigenvalue weighted by molar-refractivity contribution is -0.149. The van der Waals surface area contributed by atoms with Crippen molar-refractivity contribution in [1.29, 1.82) is 0 Å². The van der Waals surface area contributed by atoms with Crippen LogP contribution in [-0.4, -0.2) is 49.2 Å². The van der Waals surface area contributed by atoms with E-state index in [9.17, 15) is 4.79 Å². The van der Waals surface area contributed by atoms with Crippen LogP contribution in [0.5, 0.6) is 0 Å². The van der Waals surface area contributed by atoms with Crippen LogP contribution in [0.4, 0.5) is 0 Å². The van der Waals surface area contributed by atoms with Gasteiger partial charge >= 0.3 is 5.97 Å². The Morgan fingerprint density at radius 1 is 1.44 bits per heavy atom. The van der Waals surface area contributed by atoms with Crippen LogP contribution in [0.25, 0.3) is 0 Å². The highest BCUT2D eigenvalue weighted by Crippen LogP contribution is 2.25. The normalized spacial score (nSPS) is 28.7. The van der Waals surface area contributed by atoms with Crippen LogP contribution in [-0.2, 0) is 9.53 Å².